The Labute approximate surface area is 139 Å². The zero-order chi connectivity index (χ0) is 14.8. The number of nitrogens with zero attached hydrogens (tertiary/aromatic N) is 4. The number of rotatable bonds is 5. The normalized spacial score (nSPS) is 10.9. The summed E-state index contributed by atoms with van der Waals surface area (Å²) in [5, 5.41) is 12.4. The van der Waals surface area contributed by atoms with E-state index >= 15 is 0 Å². The number of nitrogens with one attached hydrogen (secondary N) is 1. The molecular weight excluding hydrogens is 323 g/mol. The zero-order valence-corrected chi connectivity index (χ0v) is 13.8. The molecule has 3 aromatic rings. The second-order valence-electron chi connectivity index (χ2n) is 4.92. The fourth-order valence-corrected chi connectivity index (χ4v) is 2.51. The molecule has 2 heterocycles. The van der Waals surface area contributed by atoms with Crippen LogP contribution in [0.5, 0.6) is 0 Å². The Balaban J connectivity index is 0.00000176. The summed E-state index contributed by atoms with van der Waals surface area (Å²) in [4.78, 5) is 4.63. The van der Waals surface area contributed by atoms with Crippen LogP contribution in [0.25, 0.3) is 16.7 Å². The molecule has 0 fully saturated rings. The summed E-state index contributed by atoms with van der Waals surface area (Å²) < 4.78 is 1.97. The minimum atomic E-state index is 0. The number of nitrogens with two attached hydrogens (primary N) is 1. The van der Waals surface area contributed by atoms with Gasteiger partial charge in [0.1, 0.15) is 5.82 Å². The van der Waals surface area contributed by atoms with Crippen LogP contribution in [0.4, 0.5) is 5.82 Å². The Hall–Kier alpha value is -1.63. The molecule has 3 rings (SSSR count). The number of hydrogen-bond donors (Lipinski definition) is 2. The molecule has 0 amide bonds. The topological polar surface area (TPSA) is 81.1 Å². The number of fused-ring (bicyclic) bond motifs is 3. The van der Waals surface area contributed by atoms with E-state index in [0.717, 1.165) is 47.7 Å². The quantitative estimate of drug-likeness (QED) is 0.698. The molecule has 6 nitrogen and oxygen atoms in total. The van der Waals surface area contributed by atoms with Crippen LogP contribution in [0.2, 0.25) is 5.02 Å². The van der Waals surface area contributed by atoms with Gasteiger partial charge in [-0.3, -0.25) is 4.40 Å². The monoisotopic (exact) mass is 340 g/mol. The summed E-state index contributed by atoms with van der Waals surface area (Å²) in [6.45, 7) is 3.42. The van der Waals surface area contributed by atoms with Crippen molar-refractivity contribution in [3.63, 3.8) is 0 Å². The van der Waals surface area contributed by atoms with Gasteiger partial charge in [-0.1, -0.05) is 11.6 Å². The molecule has 0 spiro atoms. The van der Waals surface area contributed by atoms with Crippen LogP contribution in [-0.4, -0.2) is 32.7 Å². The summed E-state index contributed by atoms with van der Waals surface area (Å²) in [7, 11) is 0. The zero-order valence-electron chi connectivity index (χ0n) is 12.2. The van der Waals surface area contributed by atoms with Crippen LogP contribution in [0.15, 0.2) is 18.2 Å². The van der Waals surface area contributed by atoms with Crippen molar-refractivity contribution in [3.8, 4) is 0 Å². The lowest BCUT2D eigenvalue weighted by Gasteiger charge is -2.09. The Bertz CT molecular complexity index is 786. The number of hydrogen-bond acceptors (Lipinski definition) is 5. The number of halogens is 2. The van der Waals surface area contributed by atoms with Crippen molar-refractivity contribution in [2.75, 3.05) is 18.4 Å². The third-order valence-electron chi connectivity index (χ3n) is 3.37. The van der Waals surface area contributed by atoms with Gasteiger partial charge in [0.15, 0.2) is 5.82 Å². The van der Waals surface area contributed by atoms with Crippen molar-refractivity contribution in [1.82, 2.24) is 19.6 Å². The van der Waals surface area contributed by atoms with E-state index in [-0.39, 0.29) is 12.4 Å². The summed E-state index contributed by atoms with van der Waals surface area (Å²) in [5.41, 5.74) is 7.99. The van der Waals surface area contributed by atoms with E-state index in [1.165, 1.54) is 0 Å². The first-order chi connectivity index (χ1) is 10.2. The second kappa shape index (κ2) is 7.09. The van der Waals surface area contributed by atoms with E-state index in [1.807, 2.05) is 29.5 Å². The fraction of sp³-hybridized carbons (Fsp3) is 0.357. The van der Waals surface area contributed by atoms with E-state index < -0.39 is 0 Å². The molecule has 22 heavy (non-hydrogen) atoms. The maximum Gasteiger partial charge on any atom is 0.204 e. The fourth-order valence-electron chi connectivity index (χ4n) is 2.34. The molecule has 0 aliphatic carbocycles. The highest BCUT2D eigenvalue weighted by atomic mass is 35.5. The summed E-state index contributed by atoms with van der Waals surface area (Å²) in [6.07, 6.45) is 1.98. The van der Waals surface area contributed by atoms with Gasteiger partial charge < -0.3 is 11.1 Å². The maximum absolute atomic E-state index is 6.09. The molecule has 0 unspecified atom stereocenters. The average molecular weight is 341 g/mol. The van der Waals surface area contributed by atoms with Gasteiger partial charge in [0.05, 0.1) is 11.0 Å². The van der Waals surface area contributed by atoms with Crippen LogP contribution in [-0.2, 0) is 0 Å². The predicted octanol–water partition coefficient (Wildman–Crippen LogP) is 2.81. The third kappa shape index (κ3) is 3.09. The predicted molar refractivity (Wildman–Crippen MR) is 92.1 cm³/mol. The van der Waals surface area contributed by atoms with Crippen molar-refractivity contribution in [2.45, 2.75) is 19.8 Å². The van der Waals surface area contributed by atoms with Crippen LogP contribution < -0.4 is 11.1 Å². The molecule has 1 aromatic carbocycles. The SMILES string of the molecule is Cc1nnc2c(NCCCCN)nc3ccc(Cl)cc3n12.Cl. The van der Waals surface area contributed by atoms with E-state index in [1.54, 1.807) is 0 Å². The third-order valence-corrected chi connectivity index (χ3v) is 3.61. The first kappa shape index (κ1) is 16.7. The van der Waals surface area contributed by atoms with Gasteiger partial charge >= 0.3 is 0 Å². The lowest BCUT2D eigenvalue weighted by Crippen LogP contribution is -2.08. The highest BCUT2D eigenvalue weighted by Gasteiger charge is 2.12. The molecule has 0 aliphatic rings. The largest absolute Gasteiger partial charge is 0.367 e. The van der Waals surface area contributed by atoms with Crippen molar-refractivity contribution in [1.29, 1.82) is 0 Å². The van der Waals surface area contributed by atoms with E-state index in [2.05, 4.69) is 20.5 Å². The Morgan fingerprint density at radius 1 is 1.27 bits per heavy atom. The molecular formula is C14H18Cl2N6. The van der Waals surface area contributed by atoms with Gasteiger partial charge in [-0.15, -0.1) is 22.6 Å². The van der Waals surface area contributed by atoms with Crippen molar-refractivity contribution >= 4 is 46.5 Å². The molecule has 118 valence electrons. The Morgan fingerprint density at radius 3 is 2.86 bits per heavy atom. The lowest BCUT2D eigenvalue weighted by molar-refractivity contribution is 0.772. The van der Waals surface area contributed by atoms with E-state index in [0.29, 0.717) is 11.6 Å². The number of benzene rings is 1. The molecule has 0 radical (unpaired) electrons. The first-order valence-electron chi connectivity index (χ1n) is 6.95. The second-order valence-corrected chi connectivity index (χ2v) is 5.36. The van der Waals surface area contributed by atoms with Crippen molar-refractivity contribution in [3.05, 3.63) is 29.0 Å². The van der Waals surface area contributed by atoms with E-state index in [9.17, 15) is 0 Å². The van der Waals surface area contributed by atoms with Gasteiger partial charge in [-0.25, -0.2) is 4.98 Å². The maximum atomic E-state index is 6.09. The average Bonchev–Trinajstić information content (AvgIpc) is 2.86. The van der Waals surface area contributed by atoms with Crippen molar-refractivity contribution in [2.24, 2.45) is 5.73 Å². The summed E-state index contributed by atoms with van der Waals surface area (Å²) in [6, 6.07) is 5.62. The van der Waals surface area contributed by atoms with E-state index in [4.69, 9.17) is 17.3 Å². The number of anilines is 1. The van der Waals surface area contributed by atoms with Crippen LogP contribution in [0.1, 0.15) is 18.7 Å². The van der Waals surface area contributed by atoms with Crippen LogP contribution >= 0.6 is 24.0 Å². The molecule has 0 saturated heterocycles. The number of aryl methyl sites for hydroxylation is 1. The standard InChI is InChI=1S/C14H17ClN6.ClH/c1-9-19-20-14-13(17-7-3-2-6-16)18-11-5-4-10(15)8-12(11)21(9)14;/h4-5,8H,2-3,6-7,16H2,1H3,(H,17,18);1H. The summed E-state index contributed by atoms with van der Waals surface area (Å²) >= 11 is 6.09. The Kier molecular flexibility index (Phi) is 5.39. The number of aromatic nitrogens is 4. The van der Waals surface area contributed by atoms with Crippen LogP contribution in [0, 0.1) is 6.92 Å². The van der Waals surface area contributed by atoms with Gasteiger partial charge in [-0.05, 0) is 44.5 Å². The highest BCUT2D eigenvalue weighted by Crippen LogP contribution is 2.24. The van der Waals surface area contributed by atoms with Gasteiger partial charge in [-0.2, -0.15) is 0 Å². The molecule has 0 aliphatic heterocycles. The molecule has 0 atom stereocenters. The molecule has 2 aromatic heterocycles. The van der Waals surface area contributed by atoms with Crippen LogP contribution in [0.3, 0.4) is 0 Å². The Morgan fingerprint density at radius 2 is 2.09 bits per heavy atom. The molecule has 0 bridgehead atoms. The lowest BCUT2D eigenvalue weighted by atomic mass is 10.3. The summed E-state index contributed by atoms with van der Waals surface area (Å²) in [5.74, 6) is 1.55. The van der Waals surface area contributed by atoms with Gasteiger partial charge in [0, 0.05) is 11.6 Å². The smallest absolute Gasteiger partial charge is 0.204 e. The number of unbranched alkanes of at least 4 members (excludes halogenated alkanes) is 1. The minimum Gasteiger partial charge on any atom is -0.367 e. The highest BCUT2D eigenvalue weighted by molar-refractivity contribution is 6.31. The van der Waals surface area contributed by atoms with Gasteiger partial charge in [0.25, 0.3) is 0 Å². The minimum absolute atomic E-state index is 0. The molecule has 3 N–H and O–H groups in total. The van der Waals surface area contributed by atoms with Crippen molar-refractivity contribution < 1.29 is 0 Å². The first-order valence-corrected chi connectivity index (χ1v) is 7.33. The molecule has 8 heteroatoms. The molecule has 0 saturated carbocycles. The van der Waals surface area contributed by atoms with Gasteiger partial charge in [0.2, 0.25) is 5.65 Å².